The van der Waals surface area contributed by atoms with Crippen LogP contribution in [0.5, 0.6) is 5.75 Å². The number of carbonyl (C=O) groups is 2. The average molecular weight is 383 g/mol. The fourth-order valence-corrected chi connectivity index (χ4v) is 3.44. The number of amides is 2. The van der Waals surface area contributed by atoms with Crippen LogP contribution in [0.2, 0.25) is 0 Å². The van der Waals surface area contributed by atoms with Gasteiger partial charge >= 0.3 is 0 Å². The van der Waals surface area contributed by atoms with Gasteiger partial charge in [-0.2, -0.15) is 0 Å². The molecule has 0 saturated carbocycles. The third-order valence-corrected chi connectivity index (χ3v) is 4.88. The van der Waals surface area contributed by atoms with E-state index in [0.717, 1.165) is 16.6 Å². The van der Waals surface area contributed by atoms with Crippen molar-refractivity contribution in [2.45, 2.75) is 20.3 Å². The Labute approximate surface area is 161 Å². The van der Waals surface area contributed by atoms with Crippen molar-refractivity contribution in [3.05, 3.63) is 53.6 Å². The highest BCUT2D eigenvalue weighted by molar-refractivity contribution is 7.22. The van der Waals surface area contributed by atoms with Gasteiger partial charge in [0, 0.05) is 12.1 Å². The van der Waals surface area contributed by atoms with Crippen LogP contribution in [0.15, 0.2) is 42.5 Å². The van der Waals surface area contributed by atoms with Crippen molar-refractivity contribution in [3.63, 3.8) is 0 Å². The summed E-state index contributed by atoms with van der Waals surface area (Å²) >= 11 is 1.46. The van der Waals surface area contributed by atoms with Crippen LogP contribution in [0.1, 0.15) is 29.8 Å². The summed E-state index contributed by atoms with van der Waals surface area (Å²) in [5.41, 5.74) is 2.61. The molecule has 3 aromatic rings. The first kappa shape index (κ1) is 18.8. The number of anilines is 1. The van der Waals surface area contributed by atoms with Gasteiger partial charge in [-0.05, 0) is 55.3 Å². The molecule has 7 heteroatoms. The molecular weight excluding hydrogens is 362 g/mol. The number of nitrogens with zero attached hydrogens (tertiary/aromatic N) is 1. The highest BCUT2D eigenvalue weighted by Crippen LogP contribution is 2.27. The molecule has 0 radical (unpaired) electrons. The first-order chi connectivity index (χ1) is 13.1. The van der Waals surface area contributed by atoms with Crippen LogP contribution in [-0.4, -0.2) is 29.9 Å². The van der Waals surface area contributed by atoms with Gasteiger partial charge < -0.3 is 10.1 Å². The average Bonchev–Trinajstić information content (AvgIpc) is 3.08. The van der Waals surface area contributed by atoms with E-state index in [9.17, 15) is 9.59 Å². The van der Waals surface area contributed by atoms with Gasteiger partial charge in [0.25, 0.3) is 11.8 Å². The zero-order chi connectivity index (χ0) is 19.2. The molecule has 0 aliphatic rings. The number of nitrogens with one attached hydrogen (secondary N) is 2. The molecule has 27 heavy (non-hydrogen) atoms. The number of hydrogen-bond acceptors (Lipinski definition) is 5. The van der Waals surface area contributed by atoms with Gasteiger partial charge in [0.15, 0.2) is 11.7 Å². The van der Waals surface area contributed by atoms with Gasteiger partial charge in [-0.25, -0.2) is 4.98 Å². The van der Waals surface area contributed by atoms with Crippen LogP contribution in [0.4, 0.5) is 5.13 Å². The molecule has 0 unspecified atom stereocenters. The summed E-state index contributed by atoms with van der Waals surface area (Å²) < 4.78 is 6.44. The Balaban J connectivity index is 1.63. The number of fused-ring (bicyclic) bond motifs is 1. The van der Waals surface area contributed by atoms with Crippen LogP contribution >= 0.6 is 11.3 Å². The standard InChI is InChI=1S/C20H21N3O3S/c1-3-13-5-10-16-17(11-13)27-20(22-16)23-19(25)14-6-8-15(9-7-14)26-12-18(24)21-4-2/h5-11H,3-4,12H2,1-2H3,(H,21,24)(H,22,23,25). The minimum absolute atomic E-state index is 0.0508. The Morgan fingerprint density at radius 2 is 1.89 bits per heavy atom. The molecule has 0 fully saturated rings. The number of thiazole rings is 1. The Morgan fingerprint density at radius 3 is 2.59 bits per heavy atom. The van der Waals surface area contributed by atoms with E-state index in [0.29, 0.717) is 23.0 Å². The SMILES string of the molecule is CCNC(=O)COc1ccc(C(=O)Nc2nc3ccc(CC)cc3s2)cc1. The molecule has 1 aromatic heterocycles. The Hall–Kier alpha value is -2.93. The summed E-state index contributed by atoms with van der Waals surface area (Å²) in [6.07, 6.45) is 0.962. The van der Waals surface area contributed by atoms with E-state index in [2.05, 4.69) is 28.6 Å². The second-order valence-corrected chi connectivity index (χ2v) is 6.93. The predicted octanol–water partition coefficient (Wildman–Crippen LogP) is 3.63. The van der Waals surface area contributed by atoms with Crippen LogP contribution in [0.3, 0.4) is 0 Å². The van der Waals surface area contributed by atoms with E-state index in [-0.39, 0.29) is 18.4 Å². The number of ether oxygens (including phenoxy) is 1. The monoisotopic (exact) mass is 383 g/mol. The van der Waals surface area contributed by atoms with Gasteiger partial charge in [-0.1, -0.05) is 24.3 Å². The van der Waals surface area contributed by atoms with Crippen molar-refractivity contribution in [1.82, 2.24) is 10.3 Å². The smallest absolute Gasteiger partial charge is 0.257 e. The minimum Gasteiger partial charge on any atom is -0.484 e. The fraction of sp³-hybridized carbons (Fsp3) is 0.250. The van der Waals surface area contributed by atoms with E-state index in [1.807, 2.05) is 19.1 Å². The van der Waals surface area contributed by atoms with Crippen molar-refractivity contribution in [3.8, 4) is 5.75 Å². The number of hydrogen-bond donors (Lipinski definition) is 2. The van der Waals surface area contributed by atoms with Crippen LogP contribution < -0.4 is 15.4 Å². The molecule has 0 saturated heterocycles. The van der Waals surface area contributed by atoms with E-state index in [1.165, 1.54) is 16.9 Å². The van der Waals surface area contributed by atoms with Gasteiger partial charge in [0.1, 0.15) is 5.75 Å². The lowest BCUT2D eigenvalue weighted by Gasteiger charge is -2.07. The topological polar surface area (TPSA) is 80.3 Å². The molecule has 0 aliphatic heterocycles. The number of likely N-dealkylation sites (N-methyl/N-ethyl adjacent to an activating group) is 1. The molecule has 0 bridgehead atoms. The summed E-state index contributed by atoms with van der Waals surface area (Å²) in [7, 11) is 0. The van der Waals surface area contributed by atoms with Crippen molar-refractivity contribution in [1.29, 1.82) is 0 Å². The third-order valence-electron chi connectivity index (χ3n) is 3.94. The van der Waals surface area contributed by atoms with Crippen LogP contribution in [0, 0.1) is 0 Å². The maximum atomic E-state index is 12.4. The van der Waals surface area contributed by atoms with Crippen molar-refractivity contribution < 1.29 is 14.3 Å². The lowest BCUT2D eigenvalue weighted by molar-refractivity contribution is -0.122. The first-order valence-corrected chi connectivity index (χ1v) is 9.61. The molecule has 140 valence electrons. The molecule has 0 spiro atoms. The van der Waals surface area contributed by atoms with Crippen LogP contribution in [-0.2, 0) is 11.2 Å². The van der Waals surface area contributed by atoms with Gasteiger partial charge in [0.05, 0.1) is 10.2 Å². The molecule has 1 heterocycles. The lowest BCUT2D eigenvalue weighted by atomic mass is 10.2. The molecular formula is C20H21N3O3S. The molecule has 2 amide bonds. The molecule has 0 atom stereocenters. The first-order valence-electron chi connectivity index (χ1n) is 8.79. The van der Waals surface area contributed by atoms with E-state index < -0.39 is 0 Å². The number of benzene rings is 2. The van der Waals surface area contributed by atoms with Crippen molar-refractivity contribution >= 4 is 38.5 Å². The Bertz CT molecular complexity index is 951. The summed E-state index contributed by atoms with van der Waals surface area (Å²) in [5, 5.41) is 6.06. The second-order valence-electron chi connectivity index (χ2n) is 5.90. The zero-order valence-electron chi connectivity index (χ0n) is 15.2. The van der Waals surface area contributed by atoms with E-state index >= 15 is 0 Å². The number of carbonyl (C=O) groups excluding carboxylic acids is 2. The summed E-state index contributed by atoms with van der Waals surface area (Å²) in [6.45, 7) is 4.46. The maximum absolute atomic E-state index is 12.4. The third kappa shape index (κ3) is 4.83. The van der Waals surface area contributed by atoms with E-state index in [1.54, 1.807) is 24.3 Å². The molecule has 6 nitrogen and oxygen atoms in total. The Kier molecular flexibility index (Phi) is 6.03. The second kappa shape index (κ2) is 8.64. The molecule has 3 rings (SSSR count). The fourth-order valence-electron chi connectivity index (χ4n) is 2.51. The van der Waals surface area contributed by atoms with E-state index in [4.69, 9.17) is 4.74 Å². The highest BCUT2D eigenvalue weighted by atomic mass is 32.1. The Morgan fingerprint density at radius 1 is 1.11 bits per heavy atom. The summed E-state index contributed by atoms with van der Waals surface area (Å²) in [6, 6.07) is 12.8. The molecule has 0 aliphatic carbocycles. The molecule has 2 N–H and O–H groups in total. The van der Waals surface area contributed by atoms with Gasteiger partial charge in [-0.3, -0.25) is 14.9 Å². The number of rotatable bonds is 7. The van der Waals surface area contributed by atoms with Crippen LogP contribution in [0.25, 0.3) is 10.2 Å². The maximum Gasteiger partial charge on any atom is 0.257 e. The minimum atomic E-state index is -0.236. The van der Waals surface area contributed by atoms with Crippen molar-refractivity contribution in [2.75, 3.05) is 18.5 Å². The normalized spacial score (nSPS) is 10.6. The van der Waals surface area contributed by atoms with Gasteiger partial charge in [-0.15, -0.1) is 0 Å². The molecule has 2 aromatic carbocycles. The summed E-state index contributed by atoms with van der Waals surface area (Å²) in [5.74, 6) is 0.117. The lowest BCUT2D eigenvalue weighted by Crippen LogP contribution is -2.28. The number of aryl methyl sites for hydroxylation is 1. The number of aromatic nitrogens is 1. The van der Waals surface area contributed by atoms with Gasteiger partial charge in [0.2, 0.25) is 0 Å². The zero-order valence-corrected chi connectivity index (χ0v) is 16.1. The largest absolute Gasteiger partial charge is 0.484 e. The predicted molar refractivity (Wildman–Crippen MR) is 108 cm³/mol. The highest BCUT2D eigenvalue weighted by Gasteiger charge is 2.11. The summed E-state index contributed by atoms with van der Waals surface area (Å²) in [4.78, 5) is 28.3. The van der Waals surface area contributed by atoms with Crippen molar-refractivity contribution in [2.24, 2.45) is 0 Å². The quantitative estimate of drug-likeness (QED) is 0.653.